The first-order valence-corrected chi connectivity index (χ1v) is 8.85. The number of aliphatic carboxylic acids is 1. The quantitative estimate of drug-likeness (QED) is 0.586. The highest BCUT2D eigenvalue weighted by Gasteiger charge is 2.28. The van der Waals surface area contributed by atoms with Crippen LogP contribution >= 0.6 is 11.6 Å². The van der Waals surface area contributed by atoms with Crippen molar-refractivity contribution in [3.05, 3.63) is 23.2 Å². The molecule has 0 aliphatic heterocycles. The van der Waals surface area contributed by atoms with Gasteiger partial charge in [0.05, 0.1) is 0 Å². The number of hydrogen-bond donors (Lipinski definition) is 3. The summed E-state index contributed by atoms with van der Waals surface area (Å²) in [5, 5.41) is 9.30. The Morgan fingerprint density at radius 2 is 2.00 bits per heavy atom. The third-order valence-electron chi connectivity index (χ3n) is 2.87. The first-order chi connectivity index (χ1) is 11.0. The number of hydrogen-bond acceptors (Lipinski definition) is 5. The summed E-state index contributed by atoms with van der Waals surface area (Å²) in [5.41, 5.74) is 4.97. The van der Waals surface area contributed by atoms with Crippen LogP contribution in [0.3, 0.4) is 0 Å². The molecule has 1 rings (SSSR count). The van der Waals surface area contributed by atoms with Crippen molar-refractivity contribution in [2.24, 2.45) is 11.7 Å². The van der Waals surface area contributed by atoms with Crippen molar-refractivity contribution >= 4 is 33.5 Å². The predicted molar refractivity (Wildman–Crippen MR) is 87.3 cm³/mol. The molecule has 10 heteroatoms. The van der Waals surface area contributed by atoms with Crippen LogP contribution in [0.15, 0.2) is 23.1 Å². The molecule has 1 aromatic carbocycles. The Bertz CT molecular complexity index is 720. The first-order valence-electron chi connectivity index (χ1n) is 6.98. The largest absolute Gasteiger partial charge is 0.482 e. The lowest BCUT2D eigenvalue weighted by molar-refractivity contribution is -0.139. The minimum atomic E-state index is -4.24. The van der Waals surface area contributed by atoms with E-state index in [-0.39, 0.29) is 28.0 Å². The SMILES string of the molecule is CC(C)CC(NS(=O)(=O)c1cc(Cl)ccc1OCC(N)=O)C(=O)O. The van der Waals surface area contributed by atoms with Crippen LogP contribution in [0.1, 0.15) is 20.3 Å². The summed E-state index contributed by atoms with van der Waals surface area (Å²) in [6.45, 7) is 3.01. The van der Waals surface area contributed by atoms with Gasteiger partial charge in [-0.15, -0.1) is 0 Å². The van der Waals surface area contributed by atoms with Crippen molar-refractivity contribution in [1.82, 2.24) is 4.72 Å². The lowest BCUT2D eigenvalue weighted by Crippen LogP contribution is -2.41. The van der Waals surface area contributed by atoms with E-state index >= 15 is 0 Å². The van der Waals surface area contributed by atoms with Crippen LogP contribution < -0.4 is 15.2 Å². The van der Waals surface area contributed by atoms with Crippen LogP contribution in [-0.2, 0) is 19.6 Å². The molecule has 0 aromatic heterocycles. The van der Waals surface area contributed by atoms with Crippen LogP contribution in [0.4, 0.5) is 0 Å². The van der Waals surface area contributed by atoms with E-state index < -0.39 is 34.5 Å². The summed E-state index contributed by atoms with van der Waals surface area (Å²) in [7, 11) is -4.24. The number of halogens is 1. The number of benzene rings is 1. The molecular formula is C14H19ClN2O6S. The van der Waals surface area contributed by atoms with E-state index in [0.717, 1.165) is 6.07 Å². The van der Waals surface area contributed by atoms with E-state index in [4.69, 9.17) is 22.1 Å². The first kappa shape index (κ1) is 20.2. The van der Waals surface area contributed by atoms with E-state index in [9.17, 15) is 23.1 Å². The highest BCUT2D eigenvalue weighted by atomic mass is 35.5. The minimum Gasteiger partial charge on any atom is -0.482 e. The van der Waals surface area contributed by atoms with Crippen LogP contribution in [0.5, 0.6) is 5.75 Å². The molecule has 134 valence electrons. The number of amides is 1. The molecule has 8 nitrogen and oxygen atoms in total. The van der Waals surface area contributed by atoms with Gasteiger partial charge in [-0.05, 0) is 30.5 Å². The van der Waals surface area contributed by atoms with E-state index in [0.29, 0.717) is 0 Å². The molecule has 4 N–H and O–H groups in total. The Balaban J connectivity index is 3.18. The van der Waals surface area contributed by atoms with E-state index in [1.165, 1.54) is 12.1 Å². The molecule has 0 bridgehead atoms. The minimum absolute atomic E-state index is 0.0428. The molecule has 24 heavy (non-hydrogen) atoms. The third-order valence-corrected chi connectivity index (χ3v) is 4.60. The van der Waals surface area contributed by atoms with Crippen molar-refractivity contribution < 1.29 is 27.9 Å². The van der Waals surface area contributed by atoms with Gasteiger partial charge in [0.2, 0.25) is 10.0 Å². The van der Waals surface area contributed by atoms with Gasteiger partial charge in [-0.3, -0.25) is 9.59 Å². The highest BCUT2D eigenvalue weighted by Crippen LogP contribution is 2.27. The van der Waals surface area contributed by atoms with Crippen molar-refractivity contribution in [2.75, 3.05) is 6.61 Å². The summed E-state index contributed by atoms with van der Waals surface area (Å²) in [5.74, 6) is -2.28. The van der Waals surface area contributed by atoms with Crippen LogP contribution in [0, 0.1) is 5.92 Å². The fourth-order valence-electron chi connectivity index (χ4n) is 1.88. The third kappa shape index (κ3) is 5.99. The number of nitrogens with two attached hydrogens (primary N) is 1. The molecule has 1 unspecified atom stereocenters. The zero-order chi connectivity index (χ0) is 18.5. The number of ether oxygens (including phenoxy) is 1. The van der Waals surface area contributed by atoms with Crippen molar-refractivity contribution in [3.63, 3.8) is 0 Å². The highest BCUT2D eigenvalue weighted by molar-refractivity contribution is 7.89. The van der Waals surface area contributed by atoms with Gasteiger partial charge in [0.25, 0.3) is 5.91 Å². The van der Waals surface area contributed by atoms with E-state index in [2.05, 4.69) is 4.72 Å². The van der Waals surface area contributed by atoms with Crippen LogP contribution in [0.25, 0.3) is 0 Å². The fraction of sp³-hybridized carbons (Fsp3) is 0.429. The molecule has 0 radical (unpaired) electrons. The zero-order valence-corrected chi connectivity index (χ0v) is 14.7. The maximum absolute atomic E-state index is 12.5. The smallest absolute Gasteiger partial charge is 0.321 e. The van der Waals surface area contributed by atoms with Gasteiger partial charge in [-0.25, -0.2) is 8.42 Å². The molecular weight excluding hydrogens is 360 g/mol. The molecule has 0 saturated heterocycles. The summed E-state index contributed by atoms with van der Waals surface area (Å²) < 4.78 is 32.2. The summed E-state index contributed by atoms with van der Waals surface area (Å²) in [6, 6.07) is 2.43. The van der Waals surface area contributed by atoms with Gasteiger partial charge >= 0.3 is 5.97 Å². The molecule has 0 spiro atoms. The average molecular weight is 379 g/mol. The number of primary amides is 1. The van der Waals surface area contributed by atoms with E-state index in [1.807, 2.05) is 0 Å². The van der Waals surface area contributed by atoms with Crippen LogP contribution in [0.2, 0.25) is 5.02 Å². The molecule has 0 saturated carbocycles. The second kappa shape index (κ2) is 8.32. The number of rotatable bonds is 9. The Kier molecular flexibility index (Phi) is 7.00. The number of sulfonamides is 1. The second-order valence-corrected chi connectivity index (χ2v) is 7.61. The summed E-state index contributed by atoms with van der Waals surface area (Å²) in [6.07, 6.45) is 0.104. The molecule has 0 aliphatic rings. The number of carbonyl (C=O) groups is 2. The number of carbonyl (C=O) groups excluding carboxylic acids is 1. The van der Waals surface area contributed by atoms with Gasteiger partial charge in [0, 0.05) is 5.02 Å². The monoisotopic (exact) mass is 378 g/mol. The maximum atomic E-state index is 12.5. The molecule has 1 amide bonds. The normalized spacial score (nSPS) is 12.8. The van der Waals surface area contributed by atoms with Gasteiger partial charge in [-0.1, -0.05) is 25.4 Å². The van der Waals surface area contributed by atoms with Gasteiger partial charge < -0.3 is 15.6 Å². The van der Waals surface area contributed by atoms with Gasteiger partial charge in [0.15, 0.2) is 6.61 Å². The maximum Gasteiger partial charge on any atom is 0.321 e. The molecule has 1 atom stereocenters. The Hall–Kier alpha value is -1.84. The number of carboxylic acids is 1. The summed E-state index contributed by atoms with van der Waals surface area (Å²) >= 11 is 5.81. The molecule has 0 heterocycles. The Morgan fingerprint density at radius 3 is 2.50 bits per heavy atom. The van der Waals surface area contributed by atoms with Gasteiger partial charge in [0.1, 0.15) is 16.7 Å². The molecule has 0 aliphatic carbocycles. The molecule has 0 fully saturated rings. The second-order valence-electron chi connectivity index (χ2n) is 5.49. The predicted octanol–water partition coefficient (Wildman–Crippen LogP) is 0.982. The number of carboxylic acid groups (broad SMARTS) is 1. The van der Waals surface area contributed by atoms with Gasteiger partial charge in [-0.2, -0.15) is 4.72 Å². The lowest BCUT2D eigenvalue weighted by atomic mass is 10.1. The standard InChI is InChI=1S/C14H19ClN2O6S/c1-8(2)5-10(14(19)20)17-24(21,22)12-6-9(15)3-4-11(12)23-7-13(16)18/h3-4,6,8,10,17H,5,7H2,1-2H3,(H2,16,18)(H,19,20). The summed E-state index contributed by atoms with van der Waals surface area (Å²) in [4.78, 5) is 21.7. The number of nitrogens with one attached hydrogen (secondary N) is 1. The lowest BCUT2D eigenvalue weighted by Gasteiger charge is -2.18. The Labute approximate surface area is 145 Å². The van der Waals surface area contributed by atoms with Crippen molar-refractivity contribution in [3.8, 4) is 5.75 Å². The van der Waals surface area contributed by atoms with Crippen LogP contribution in [-0.4, -0.2) is 38.0 Å². The fourth-order valence-corrected chi connectivity index (χ4v) is 3.49. The van der Waals surface area contributed by atoms with Crippen molar-refractivity contribution in [2.45, 2.75) is 31.2 Å². The molecule has 1 aromatic rings. The van der Waals surface area contributed by atoms with E-state index in [1.54, 1.807) is 13.8 Å². The topological polar surface area (TPSA) is 136 Å². The zero-order valence-electron chi connectivity index (χ0n) is 13.2. The van der Waals surface area contributed by atoms with Crippen molar-refractivity contribution in [1.29, 1.82) is 0 Å². The Morgan fingerprint density at radius 1 is 1.38 bits per heavy atom. The average Bonchev–Trinajstić information content (AvgIpc) is 2.44.